The van der Waals surface area contributed by atoms with E-state index in [2.05, 4.69) is 0 Å². The number of morpholine rings is 1. The molecule has 2 aliphatic rings. The van der Waals surface area contributed by atoms with E-state index in [9.17, 15) is 26.7 Å². The Kier molecular flexibility index (Phi) is 3.72. The maximum atomic E-state index is 13.1. The smallest absolute Gasteiger partial charge is 0.374 e. The molecular formula is C11H14F5NO2. The number of ether oxygens (including phenoxy) is 1. The van der Waals surface area contributed by atoms with Crippen LogP contribution in [0, 0.1) is 0 Å². The molecule has 0 spiro atoms. The fourth-order valence-corrected chi connectivity index (χ4v) is 2.65. The first kappa shape index (κ1) is 14.5. The molecule has 19 heavy (non-hydrogen) atoms. The molecule has 0 bridgehead atoms. The summed E-state index contributed by atoms with van der Waals surface area (Å²) in [5.41, 5.74) is 0. The Morgan fingerprint density at radius 3 is 2.37 bits per heavy atom. The van der Waals surface area contributed by atoms with Crippen molar-refractivity contribution >= 4 is 5.91 Å². The molecule has 0 aromatic carbocycles. The number of rotatable bonds is 1. The summed E-state index contributed by atoms with van der Waals surface area (Å²) < 4.78 is 68.3. The van der Waals surface area contributed by atoms with Crippen LogP contribution >= 0.6 is 0 Å². The minimum atomic E-state index is -5.85. The highest BCUT2D eigenvalue weighted by Gasteiger charge is 2.65. The van der Waals surface area contributed by atoms with Gasteiger partial charge in [-0.2, -0.15) is 22.0 Å². The molecule has 2 atom stereocenters. The number of halogens is 5. The molecule has 2 unspecified atom stereocenters. The number of hydrogen-bond acceptors (Lipinski definition) is 2. The number of carbonyl (C=O) groups is 1. The molecule has 1 amide bonds. The van der Waals surface area contributed by atoms with Crippen LogP contribution in [0.15, 0.2) is 0 Å². The van der Waals surface area contributed by atoms with Crippen LogP contribution < -0.4 is 0 Å². The van der Waals surface area contributed by atoms with Crippen LogP contribution in [0.3, 0.4) is 0 Å². The molecule has 1 saturated heterocycles. The van der Waals surface area contributed by atoms with Crippen LogP contribution in [-0.2, 0) is 9.53 Å². The van der Waals surface area contributed by atoms with Crippen molar-refractivity contribution in [2.24, 2.45) is 0 Å². The lowest BCUT2D eigenvalue weighted by Crippen LogP contribution is -2.61. The van der Waals surface area contributed by atoms with Crippen molar-refractivity contribution in [2.45, 2.75) is 49.9 Å². The van der Waals surface area contributed by atoms with E-state index < -0.39 is 30.2 Å². The number of carbonyl (C=O) groups excluding carboxylic acids is 1. The van der Waals surface area contributed by atoms with E-state index in [1.807, 2.05) is 0 Å². The van der Waals surface area contributed by atoms with Crippen LogP contribution in [0.4, 0.5) is 22.0 Å². The molecule has 1 saturated carbocycles. The molecule has 110 valence electrons. The van der Waals surface area contributed by atoms with E-state index in [-0.39, 0.29) is 13.2 Å². The van der Waals surface area contributed by atoms with Gasteiger partial charge in [0.25, 0.3) is 0 Å². The Balaban J connectivity index is 2.18. The Morgan fingerprint density at radius 2 is 1.74 bits per heavy atom. The Morgan fingerprint density at radius 1 is 1.11 bits per heavy atom. The van der Waals surface area contributed by atoms with Crippen LogP contribution in [0.1, 0.15) is 25.7 Å². The van der Waals surface area contributed by atoms with E-state index >= 15 is 0 Å². The number of fused-ring (bicyclic) bond motifs is 1. The van der Waals surface area contributed by atoms with Gasteiger partial charge in [-0.05, 0) is 12.8 Å². The third-order valence-corrected chi connectivity index (χ3v) is 3.62. The summed E-state index contributed by atoms with van der Waals surface area (Å²) in [4.78, 5) is 12.2. The van der Waals surface area contributed by atoms with E-state index in [1.165, 1.54) is 0 Å². The second kappa shape index (κ2) is 4.88. The highest BCUT2D eigenvalue weighted by Crippen LogP contribution is 2.39. The predicted octanol–water partition coefficient (Wildman–Crippen LogP) is 2.35. The Labute approximate surface area is 106 Å². The summed E-state index contributed by atoms with van der Waals surface area (Å²) in [7, 11) is 0. The first-order chi connectivity index (χ1) is 8.75. The van der Waals surface area contributed by atoms with E-state index in [0.717, 1.165) is 6.42 Å². The van der Waals surface area contributed by atoms with Gasteiger partial charge in [0, 0.05) is 6.54 Å². The van der Waals surface area contributed by atoms with Crippen molar-refractivity contribution in [3.8, 4) is 0 Å². The summed E-state index contributed by atoms with van der Waals surface area (Å²) in [6.45, 7) is -0.216. The SMILES string of the molecule is O=C(N1CCOC2CCCCC21)C(F)(F)C(F)(F)F. The molecule has 2 fully saturated rings. The molecule has 0 radical (unpaired) electrons. The van der Waals surface area contributed by atoms with Crippen LogP contribution in [-0.4, -0.2) is 48.2 Å². The maximum Gasteiger partial charge on any atom is 0.463 e. The number of hydrogen-bond donors (Lipinski definition) is 0. The summed E-state index contributed by atoms with van der Waals surface area (Å²) in [6, 6.07) is -0.664. The average Bonchev–Trinajstić information content (AvgIpc) is 2.36. The second-order valence-corrected chi connectivity index (χ2v) is 4.83. The van der Waals surface area contributed by atoms with E-state index in [0.29, 0.717) is 24.2 Å². The third-order valence-electron chi connectivity index (χ3n) is 3.62. The summed E-state index contributed by atoms with van der Waals surface area (Å²) in [5.74, 6) is -7.48. The lowest BCUT2D eigenvalue weighted by Gasteiger charge is -2.44. The van der Waals surface area contributed by atoms with Crippen LogP contribution in [0.2, 0.25) is 0 Å². The standard InChI is InChI=1S/C11H14F5NO2/c12-10(13,11(14,15)16)9(18)17-5-6-19-8-4-2-1-3-7(8)17/h7-8H,1-6H2. The number of nitrogens with zero attached hydrogens (tertiary/aromatic N) is 1. The number of amides is 1. The van der Waals surface area contributed by atoms with Crippen molar-refractivity contribution in [1.82, 2.24) is 4.90 Å². The molecule has 0 N–H and O–H groups in total. The van der Waals surface area contributed by atoms with Gasteiger partial charge in [-0.15, -0.1) is 0 Å². The first-order valence-corrected chi connectivity index (χ1v) is 6.12. The van der Waals surface area contributed by atoms with E-state index in [4.69, 9.17) is 4.74 Å². The Bertz CT molecular complexity index is 355. The summed E-state index contributed by atoms with van der Waals surface area (Å²) >= 11 is 0. The lowest BCUT2D eigenvalue weighted by atomic mass is 9.90. The molecule has 0 aromatic rings. The minimum absolute atomic E-state index is 0.000837. The van der Waals surface area contributed by atoms with E-state index in [1.54, 1.807) is 0 Å². The summed E-state index contributed by atoms with van der Waals surface area (Å²) in [5, 5.41) is 0. The fraction of sp³-hybridized carbons (Fsp3) is 0.909. The molecule has 1 aliphatic heterocycles. The number of alkyl halides is 5. The van der Waals surface area contributed by atoms with Gasteiger partial charge in [-0.3, -0.25) is 4.79 Å². The maximum absolute atomic E-state index is 13.1. The van der Waals surface area contributed by atoms with Crippen molar-refractivity contribution < 1.29 is 31.5 Å². The zero-order valence-electron chi connectivity index (χ0n) is 10.1. The van der Waals surface area contributed by atoms with Gasteiger partial charge in [-0.1, -0.05) is 12.8 Å². The second-order valence-electron chi connectivity index (χ2n) is 4.83. The van der Waals surface area contributed by atoms with Gasteiger partial charge < -0.3 is 9.64 Å². The van der Waals surface area contributed by atoms with Gasteiger partial charge in [0.2, 0.25) is 0 Å². The van der Waals surface area contributed by atoms with Crippen LogP contribution in [0.5, 0.6) is 0 Å². The molecular weight excluding hydrogens is 273 g/mol. The molecule has 8 heteroatoms. The largest absolute Gasteiger partial charge is 0.463 e. The third kappa shape index (κ3) is 2.54. The normalized spacial score (nSPS) is 29.0. The lowest BCUT2D eigenvalue weighted by molar-refractivity contribution is -0.277. The van der Waals surface area contributed by atoms with Gasteiger partial charge in [0.1, 0.15) is 0 Å². The summed E-state index contributed by atoms with van der Waals surface area (Å²) in [6.07, 6.45) is -3.75. The van der Waals surface area contributed by atoms with Crippen molar-refractivity contribution in [1.29, 1.82) is 0 Å². The van der Waals surface area contributed by atoms with Gasteiger partial charge in [-0.25, -0.2) is 0 Å². The fourth-order valence-electron chi connectivity index (χ4n) is 2.65. The first-order valence-electron chi connectivity index (χ1n) is 6.12. The molecule has 1 heterocycles. The molecule has 0 aromatic heterocycles. The molecule has 1 aliphatic carbocycles. The van der Waals surface area contributed by atoms with Crippen molar-refractivity contribution in [3.05, 3.63) is 0 Å². The zero-order valence-corrected chi connectivity index (χ0v) is 10.1. The predicted molar refractivity (Wildman–Crippen MR) is 54.7 cm³/mol. The monoisotopic (exact) mass is 287 g/mol. The molecule has 3 nitrogen and oxygen atoms in total. The van der Waals surface area contributed by atoms with Crippen molar-refractivity contribution in [3.63, 3.8) is 0 Å². The minimum Gasteiger partial charge on any atom is -0.374 e. The topological polar surface area (TPSA) is 29.5 Å². The van der Waals surface area contributed by atoms with Gasteiger partial charge in [0.05, 0.1) is 18.8 Å². The van der Waals surface area contributed by atoms with Gasteiger partial charge in [0.15, 0.2) is 0 Å². The quantitative estimate of drug-likeness (QED) is 0.693. The zero-order chi connectivity index (χ0) is 14.3. The molecule has 2 rings (SSSR count). The van der Waals surface area contributed by atoms with Gasteiger partial charge >= 0.3 is 18.0 Å². The van der Waals surface area contributed by atoms with Crippen molar-refractivity contribution in [2.75, 3.05) is 13.2 Å². The highest BCUT2D eigenvalue weighted by molar-refractivity contribution is 5.84. The Hall–Kier alpha value is -0.920. The highest BCUT2D eigenvalue weighted by atomic mass is 19.4. The van der Waals surface area contributed by atoms with Crippen LogP contribution in [0.25, 0.3) is 0 Å². The average molecular weight is 287 g/mol.